The number of fused-ring (bicyclic) bond motifs is 1. The third kappa shape index (κ3) is 7.95. The molecular weight excluding hydrogens is 594 g/mol. The van der Waals surface area contributed by atoms with Crippen molar-refractivity contribution in [3.05, 3.63) is 96.7 Å². The molecule has 1 N–H and O–H groups in total. The standard InChI is InChI=1S/C37H41N5O5/c1-37(2,3)47-36(43)41-23-9-8-10-27(41)24-39-34-33-32(46-31-19-17-30(18-20-31)45-29-11-6-5-7-12-29)21-22-38-35(33)42(40-34)25-26-13-15-28(44-4)16-14-26/h5-7,11-22,27H,8-10,23-25H2,1-4H3,(H,39,40). The number of piperidine rings is 1. The minimum absolute atomic E-state index is 0.0430. The number of hydrogen-bond acceptors (Lipinski definition) is 8. The van der Waals surface area contributed by atoms with E-state index >= 15 is 0 Å². The van der Waals surface area contributed by atoms with Crippen LogP contribution in [0.5, 0.6) is 28.7 Å². The number of hydrogen-bond donors (Lipinski definition) is 1. The van der Waals surface area contributed by atoms with E-state index in [9.17, 15) is 4.79 Å². The number of carbonyl (C=O) groups excluding carboxylic acids is 1. The molecule has 244 valence electrons. The minimum Gasteiger partial charge on any atom is -0.497 e. The van der Waals surface area contributed by atoms with Crippen LogP contribution in [0.25, 0.3) is 11.0 Å². The molecule has 5 aromatic rings. The number of likely N-dealkylation sites (tertiary alicyclic amines) is 1. The first-order valence-electron chi connectivity index (χ1n) is 16.0. The number of rotatable bonds is 10. The molecular formula is C37H41N5O5. The molecule has 1 saturated heterocycles. The molecule has 0 saturated carbocycles. The molecule has 0 radical (unpaired) electrons. The fourth-order valence-electron chi connectivity index (χ4n) is 5.61. The summed E-state index contributed by atoms with van der Waals surface area (Å²) in [4.78, 5) is 19.7. The van der Waals surface area contributed by atoms with E-state index in [0.29, 0.717) is 48.3 Å². The Bertz CT molecular complexity index is 1780. The number of benzene rings is 3. The van der Waals surface area contributed by atoms with Gasteiger partial charge in [-0.3, -0.25) is 0 Å². The molecule has 0 spiro atoms. The lowest BCUT2D eigenvalue weighted by atomic mass is 10.0. The summed E-state index contributed by atoms with van der Waals surface area (Å²) in [6.07, 6.45) is 4.30. The van der Waals surface area contributed by atoms with E-state index in [4.69, 9.17) is 29.0 Å². The van der Waals surface area contributed by atoms with Crippen LogP contribution >= 0.6 is 0 Å². The summed E-state index contributed by atoms with van der Waals surface area (Å²) in [6, 6.07) is 26.8. The highest BCUT2D eigenvalue weighted by Gasteiger charge is 2.31. The minimum atomic E-state index is -0.563. The second-order valence-electron chi connectivity index (χ2n) is 12.6. The summed E-state index contributed by atoms with van der Waals surface area (Å²) in [5.41, 5.74) is 1.16. The van der Waals surface area contributed by atoms with Gasteiger partial charge >= 0.3 is 6.09 Å². The van der Waals surface area contributed by atoms with Crippen LogP contribution in [-0.2, 0) is 11.3 Å². The van der Waals surface area contributed by atoms with E-state index in [0.717, 1.165) is 41.7 Å². The van der Waals surface area contributed by atoms with Crippen LogP contribution in [-0.4, -0.2) is 57.6 Å². The summed E-state index contributed by atoms with van der Waals surface area (Å²) in [5, 5.41) is 9.29. The van der Waals surface area contributed by atoms with Crippen LogP contribution in [0.4, 0.5) is 10.6 Å². The number of pyridine rings is 1. The van der Waals surface area contributed by atoms with Gasteiger partial charge in [-0.15, -0.1) is 0 Å². The third-order valence-electron chi connectivity index (χ3n) is 7.88. The van der Waals surface area contributed by atoms with E-state index in [2.05, 4.69) is 5.32 Å². The number of amides is 1. The summed E-state index contributed by atoms with van der Waals surface area (Å²) in [6.45, 7) is 7.34. The number of anilines is 1. The van der Waals surface area contributed by atoms with Crippen molar-refractivity contribution in [3.63, 3.8) is 0 Å². The average molecular weight is 636 g/mol. The quantitative estimate of drug-likeness (QED) is 0.164. The highest BCUT2D eigenvalue weighted by atomic mass is 16.6. The molecule has 6 rings (SSSR count). The van der Waals surface area contributed by atoms with Crippen molar-refractivity contribution in [1.82, 2.24) is 19.7 Å². The topological polar surface area (TPSA) is 100.0 Å². The van der Waals surface area contributed by atoms with Gasteiger partial charge in [0, 0.05) is 25.4 Å². The van der Waals surface area contributed by atoms with Crippen LogP contribution < -0.4 is 19.5 Å². The Morgan fingerprint density at radius 3 is 2.26 bits per heavy atom. The monoisotopic (exact) mass is 635 g/mol. The van der Waals surface area contributed by atoms with Crippen molar-refractivity contribution in [2.24, 2.45) is 0 Å². The molecule has 1 aliphatic rings. The van der Waals surface area contributed by atoms with E-state index in [1.54, 1.807) is 13.3 Å². The summed E-state index contributed by atoms with van der Waals surface area (Å²) >= 11 is 0. The van der Waals surface area contributed by atoms with E-state index in [1.807, 2.05) is 115 Å². The Morgan fingerprint density at radius 1 is 0.872 bits per heavy atom. The Hall–Kier alpha value is -5.25. The molecule has 0 aliphatic carbocycles. The van der Waals surface area contributed by atoms with Crippen molar-refractivity contribution in [3.8, 4) is 28.7 Å². The summed E-state index contributed by atoms with van der Waals surface area (Å²) < 4.78 is 25.3. The van der Waals surface area contributed by atoms with Crippen molar-refractivity contribution in [2.75, 3.05) is 25.5 Å². The molecule has 10 heteroatoms. The molecule has 3 heterocycles. The Kier molecular flexibility index (Phi) is 9.47. The van der Waals surface area contributed by atoms with Crippen molar-refractivity contribution >= 4 is 22.9 Å². The molecule has 1 aliphatic heterocycles. The molecule has 1 fully saturated rings. The fourth-order valence-corrected chi connectivity index (χ4v) is 5.61. The molecule has 3 aromatic carbocycles. The van der Waals surface area contributed by atoms with Crippen LogP contribution in [0.15, 0.2) is 91.1 Å². The molecule has 2 aromatic heterocycles. The highest BCUT2D eigenvalue weighted by Crippen LogP contribution is 2.35. The van der Waals surface area contributed by atoms with Gasteiger partial charge in [0.25, 0.3) is 0 Å². The number of carbonyl (C=O) groups is 1. The van der Waals surface area contributed by atoms with Gasteiger partial charge in [-0.1, -0.05) is 30.3 Å². The Labute approximate surface area is 275 Å². The van der Waals surface area contributed by atoms with E-state index in [-0.39, 0.29) is 12.1 Å². The maximum Gasteiger partial charge on any atom is 0.410 e. The van der Waals surface area contributed by atoms with Crippen LogP contribution in [0, 0.1) is 0 Å². The van der Waals surface area contributed by atoms with Crippen LogP contribution in [0.2, 0.25) is 0 Å². The van der Waals surface area contributed by atoms with E-state index < -0.39 is 5.60 Å². The SMILES string of the molecule is COc1ccc(Cn2nc(NCC3CCCCN3C(=O)OC(C)(C)C)c3c(Oc4ccc(Oc5ccccc5)cc4)ccnc32)cc1. The molecule has 47 heavy (non-hydrogen) atoms. The number of ether oxygens (including phenoxy) is 4. The van der Waals surface area contributed by atoms with Crippen molar-refractivity contribution in [1.29, 1.82) is 0 Å². The van der Waals surface area contributed by atoms with Crippen molar-refractivity contribution in [2.45, 2.75) is 58.2 Å². The zero-order chi connectivity index (χ0) is 32.8. The summed E-state index contributed by atoms with van der Waals surface area (Å²) in [7, 11) is 1.65. The number of nitrogens with zero attached hydrogens (tertiary/aromatic N) is 4. The van der Waals surface area contributed by atoms with Gasteiger partial charge in [0.1, 0.15) is 39.7 Å². The maximum absolute atomic E-state index is 13.1. The smallest absolute Gasteiger partial charge is 0.410 e. The maximum atomic E-state index is 13.1. The van der Waals surface area contributed by atoms with Gasteiger partial charge in [-0.2, -0.15) is 5.10 Å². The predicted octanol–water partition coefficient (Wildman–Crippen LogP) is 8.27. The highest BCUT2D eigenvalue weighted by molar-refractivity contribution is 5.93. The number of methoxy groups -OCH3 is 1. The number of aromatic nitrogens is 3. The Balaban J connectivity index is 1.28. The second kappa shape index (κ2) is 14.0. The van der Waals surface area contributed by atoms with Gasteiger partial charge in [0.05, 0.1) is 19.7 Å². The first-order chi connectivity index (χ1) is 22.8. The van der Waals surface area contributed by atoms with E-state index in [1.165, 1.54) is 0 Å². The third-order valence-corrected chi connectivity index (χ3v) is 7.88. The van der Waals surface area contributed by atoms with Crippen LogP contribution in [0.3, 0.4) is 0 Å². The molecule has 10 nitrogen and oxygen atoms in total. The fraction of sp³-hybridized carbons (Fsp3) is 0.324. The zero-order valence-corrected chi connectivity index (χ0v) is 27.3. The molecule has 1 atom stereocenters. The van der Waals surface area contributed by atoms with Gasteiger partial charge in [-0.05, 0) is 94.1 Å². The van der Waals surface area contributed by atoms with Crippen LogP contribution in [0.1, 0.15) is 45.6 Å². The number of nitrogens with one attached hydrogen (secondary N) is 1. The van der Waals surface area contributed by atoms with Gasteiger partial charge in [-0.25, -0.2) is 14.5 Å². The lowest BCUT2D eigenvalue weighted by Gasteiger charge is -2.36. The first kappa shape index (κ1) is 31.7. The zero-order valence-electron chi connectivity index (χ0n) is 27.3. The van der Waals surface area contributed by atoms with Gasteiger partial charge < -0.3 is 29.2 Å². The first-order valence-corrected chi connectivity index (χ1v) is 16.0. The average Bonchev–Trinajstić information content (AvgIpc) is 3.42. The largest absolute Gasteiger partial charge is 0.497 e. The van der Waals surface area contributed by atoms with Gasteiger partial charge in [0.15, 0.2) is 11.5 Å². The Morgan fingerprint density at radius 2 is 1.55 bits per heavy atom. The molecule has 1 amide bonds. The van der Waals surface area contributed by atoms with Crippen molar-refractivity contribution < 1.29 is 23.7 Å². The lowest BCUT2D eigenvalue weighted by molar-refractivity contribution is 0.0114. The second-order valence-corrected chi connectivity index (χ2v) is 12.6. The molecule has 0 bridgehead atoms. The van der Waals surface area contributed by atoms with Gasteiger partial charge in [0.2, 0.25) is 0 Å². The lowest BCUT2D eigenvalue weighted by Crippen LogP contribution is -2.48. The number of para-hydroxylation sites is 1. The normalized spacial score (nSPS) is 14.9. The predicted molar refractivity (Wildman–Crippen MR) is 182 cm³/mol. The summed E-state index contributed by atoms with van der Waals surface area (Å²) in [5.74, 6) is 4.16. The molecule has 1 unspecified atom stereocenters.